The molecule has 0 N–H and O–H groups in total. The number of hydrogen-bond donors (Lipinski definition) is 0. The number of fused-ring (bicyclic) bond motifs is 10. The van der Waals surface area contributed by atoms with Gasteiger partial charge in [-0.2, -0.15) is 0 Å². The van der Waals surface area contributed by atoms with E-state index in [2.05, 4.69) is 178 Å². The minimum atomic E-state index is -0.461. The molecule has 324 valence electrons. The first-order chi connectivity index (χ1) is 34.0. The Morgan fingerprint density at radius 2 is 0.710 bits per heavy atom. The number of pyridine rings is 1. The molecule has 2 aliphatic rings. The van der Waals surface area contributed by atoms with E-state index in [1.165, 1.54) is 72.3 Å². The monoisotopic (exact) mass is 880 g/mol. The second-order valence-electron chi connectivity index (χ2n) is 18.3. The fraction of sp³-hybridized carbons (Fsp3) is 0.0462. The van der Waals surface area contributed by atoms with Crippen molar-refractivity contribution in [1.29, 1.82) is 0 Å². The Kier molecular flexibility index (Phi) is 9.48. The average molecular weight is 881 g/mol. The maximum absolute atomic E-state index is 5.14. The SMILES string of the molecule is Cc1cc(C)cc(-c2ccccc2-c2ccc(-c3ccc(-c4nc(-c5ccccc5)nc(-c5ccccc5)n4)cn3)cc2-c2ccc3c(c2)C2(c4ccccc4-c4ccccc42)c2ccccc2-3)c1. The summed E-state index contributed by atoms with van der Waals surface area (Å²) in [5.74, 6) is 1.81. The third kappa shape index (κ3) is 6.59. The highest BCUT2D eigenvalue weighted by atomic mass is 15.0. The lowest BCUT2D eigenvalue weighted by molar-refractivity contribution is 0.794. The third-order valence-electron chi connectivity index (χ3n) is 14.1. The van der Waals surface area contributed by atoms with E-state index in [-0.39, 0.29) is 0 Å². The molecule has 0 amide bonds. The van der Waals surface area contributed by atoms with Gasteiger partial charge in [-0.1, -0.05) is 211 Å². The van der Waals surface area contributed by atoms with Crippen LogP contribution in [0.2, 0.25) is 0 Å². The molecule has 13 rings (SSSR count). The van der Waals surface area contributed by atoms with Gasteiger partial charge in [0, 0.05) is 28.5 Å². The van der Waals surface area contributed by atoms with Crippen molar-refractivity contribution >= 4 is 0 Å². The zero-order chi connectivity index (χ0) is 46.1. The van der Waals surface area contributed by atoms with Crippen LogP contribution in [0.3, 0.4) is 0 Å². The summed E-state index contributed by atoms with van der Waals surface area (Å²) in [6, 6.07) is 81.1. The molecular weight excluding hydrogens is 837 g/mol. The first-order valence-corrected chi connectivity index (χ1v) is 23.6. The molecular formula is C65H44N4. The van der Waals surface area contributed by atoms with Crippen LogP contribution in [0.5, 0.6) is 0 Å². The summed E-state index contributed by atoms with van der Waals surface area (Å²) in [4.78, 5) is 20.0. The van der Waals surface area contributed by atoms with Gasteiger partial charge >= 0.3 is 0 Å². The van der Waals surface area contributed by atoms with Gasteiger partial charge < -0.3 is 0 Å². The van der Waals surface area contributed by atoms with Crippen molar-refractivity contribution in [3.8, 4) is 101 Å². The van der Waals surface area contributed by atoms with Gasteiger partial charge in [0.25, 0.3) is 0 Å². The number of rotatable bonds is 7. The minimum absolute atomic E-state index is 0.461. The number of aryl methyl sites for hydroxylation is 2. The molecule has 0 fully saturated rings. The van der Waals surface area contributed by atoms with Crippen LogP contribution in [0.4, 0.5) is 0 Å². The summed E-state index contributed by atoms with van der Waals surface area (Å²) in [6.07, 6.45) is 1.89. The maximum atomic E-state index is 5.14. The zero-order valence-electron chi connectivity index (χ0n) is 38.2. The lowest BCUT2D eigenvalue weighted by Crippen LogP contribution is -2.25. The smallest absolute Gasteiger partial charge is 0.165 e. The summed E-state index contributed by atoms with van der Waals surface area (Å²) >= 11 is 0. The number of hydrogen-bond acceptors (Lipinski definition) is 4. The second kappa shape index (κ2) is 16.2. The lowest BCUT2D eigenvalue weighted by Gasteiger charge is -2.30. The molecule has 2 aliphatic carbocycles. The molecule has 69 heavy (non-hydrogen) atoms. The molecule has 0 radical (unpaired) electrons. The van der Waals surface area contributed by atoms with Gasteiger partial charge in [0.1, 0.15) is 0 Å². The van der Waals surface area contributed by atoms with Crippen LogP contribution in [-0.2, 0) is 5.41 Å². The van der Waals surface area contributed by atoms with Crippen molar-refractivity contribution in [3.63, 3.8) is 0 Å². The molecule has 0 saturated carbocycles. The van der Waals surface area contributed by atoms with Crippen molar-refractivity contribution in [2.24, 2.45) is 0 Å². The fourth-order valence-corrected chi connectivity index (χ4v) is 11.2. The van der Waals surface area contributed by atoms with E-state index in [0.717, 1.165) is 44.6 Å². The molecule has 4 heteroatoms. The van der Waals surface area contributed by atoms with Crippen LogP contribution in [0.15, 0.2) is 231 Å². The Balaban J connectivity index is 0.992. The van der Waals surface area contributed by atoms with E-state index in [9.17, 15) is 0 Å². The minimum Gasteiger partial charge on any atom is -0.255 e. The predicted molar refractivity (Wildman–Crippen MR) is 281 cm³/mol. The quantitative estimate of drug-likeness (QED) is 0.160. The van der Waals surface area contributed by atoms with Gasteiger partial charge in [-0.3, -0.25) is 4.98 Å². The summed E-state index contributed by atoms with van der Waals surface area (Å²) in [7, 11) is 0. The highest BCUT2D eigenvalue weighted by Gasteiger charge is 2.51. The normalized spacial score (nSPS) is 12.6. The average Bonchev–Trinajstić information content (AvgIpc) is 3.88. The largest absolute Gasteiger partial charge is 0.255 e. The molecule has 11 aromatic rings. The van der Waals surface area contributed by atoms with E-state index >= 15 is 0 Å². The summed E-state index contributed by atoms with van der Waals surface area (Å²) in [5.41, 5.74) is 24.1. The van der Waals surface area contributed by atoms with Gasteiger partial charge in [-0.25, -0.2) is 15.0 Å². The topological polar surface area (TPSA) is 51.6 Å². The third-order valence-corrected chi connectivity index (χ3v) is 14.1. The van der Waals surface area contributed by atoms with Crippen LogP contribution >= 0.6 is 0 Å². The van der Waals surface area contributed by atoms with Crippen LogP contribution in [0.25, 0.3) is 101 Å². The standard InChI is InChI=1S/C65H44N4/c1-41-35-42(2)37-48(36-41)49-21-9-10-22-50(49)51-32-30-46(61-34-31-47(40-66-61)64-68-62(43-17-5-3-6-18-43)67-63(69-64)44-19-7-4-8-20-44)38-56(51)45-29-33-55-54-25-13-16-28-59(54)65(60(55)39-45)57-26-14-11-23-52(57)53-24-12-15-27-58(53)65/h3-40H,1-2H3. The molecule has 0 saturated heterocycles. The van der Waals surface area contributed by atoms with Crippen LogP contribution < -0.4 is 0 Å². The maximum Gasteiger partial charge on any atom is 0.165 e. The molecule has 0 atom stereocenters. The molecule has 0 aliphatic heterocycles. The van der Waals surface area contributed by atoms with Crippen molar-refractivity contribution < 1.29 is 0 Å². The summed E-state index contributed by atoms with van der Waals surface area (Å²) in [6.45, 7) is 4.36. The molecule has 1 spiro atoms. The predicted octanol–water partition coefficient (Wildman–Crippen LogP) is 15.9. The van der Waals surface area contributed by atoms with Gasteiger partial charge in [0.2, 0.25) is 0 Å². The number of benzene rings is 9. The van der Waals surface area contributed by atoms with Crippen molar-refractivity contribution in [2.75, 3.05) is 0 Å². The lowest BCUT2D eigenvalue weighted by atomic mass is 9.70. The first-order valence-electron chi connectivity index (χ1n) is 23.6. The van der Waals surface area contributed by atoms with Crippen molar-refractivity contribution in [1.82, 2.24) is 19.9 Å². The van der Waals surface area contributed by atoms with Gasteiger partial charge in [0.05, 0.1) is 11.1 Å². The van der Waals surface area contributed by atoms with Gasteiger partial charge in [-0.05, 0) is 116 Å². The van der Waals surface area contributed by atoms with Crippen molar-refractivity contribution in [3.05, 3.63) is 264 Å². The summed E-state index contributed by atoms with van der Waals surface area (Å²) in [5, 5.41) is 0. The molecule has 0 bridgehead atoms. The number of aromatic nitrogens is 4. The summed E-state index contributed by atoms with van der Waals surface area (Å²) < 4.78 is 0. The van der Waals surface area contributed by atoms with Gasteiger partial charge in [0.15, 0.2) is 17.5 Å². The van der Waals surface area contributed by atoms with E-state index in [0.29, 0.717) is 17.5 Å². The van der Waals surface area contributed by atoms with E-state index in [1.54, 1.807) is 0 Å². The Labute approximate surface area is 402 Å². The molecule has 2 heterocycles. The molecule has 4 nitrogen and oxygen atoms in total. The van der Waals surface area contributed by atoms with E-state index in [4.69, 9.17) is 19.9 Å². The highest BCUT2D eigenvalue weighted by molar-refractivity contribution is 5.98. The fourth-order valence-electron chi connectivity index (χ4n) is 11.2. The van der Waals surface area contributed by atoms with Gasteiger partial charge in [-0.15, -0.1) is 0 Å². The van der Waals surface area contributed by atoms with Crippen LogP contribution in [0.1, 0.15) is 33.4 Å². The number of nitrogens with zero attached hydrogens (tertiary/aromatic N) is 4. The van der Waals surface area contributed by atoms with E-state index < -0.39 is 5.41 Å². The Hall–Kier alpha value is -8.86. The van der Waals surface area contributed by atoms with Crippen molar-refractivity contribution in [2.45, 2.75) is 19.3 Å². The first kappa shape index (κ1) is 40.4. The highest BCUT2D eigenvalue weighted by Crippen LogP contribution is 2.63. The zero-order valence-corrected chi connectivity index (χ0v) is 38.2. The molecule has 0 unspecified atom stereocenters. The molecule has 2 aromatic heterocycles. The van der Waals surface area contributed by atoms with E-state index in [1.807, 2.05) is 66.9 Å². The second-order valence-corrected chi connectivity index (χ2v) is 18.3. The Bertz CT molecular complexity index is 3660. The molecule has 9 aromatic carbocycles. The van der Waals surface area contributed by atoms with Crippen LogP contribution in [0, 0.1) is 13.8 Å². The van der Waals surface area contributed by atoms with Crippen LogP contribution in [-0.4, -0.2) is 19.9 Å². The Morgan fingerprint density at radius 3 is 1.26 bits per heavy atom. The Morgan fingerprint density at radius 1 is 0.275 bits per heavy atom.